The molecule has 0 saturated carbocycles. The predicted octanol–water partition coefficient (Wildman–Crippen LogP) is 4.51. The van der Waals surface area contributed by atoms with Gasteiger partial charge < -0.3 is 9.47 Å². The van der Waals surface area contributed by atoms with Gasteiger partial charge >= 0.3 is 6.18 Å². The summed E-state index contributed by atoms with van der Waals surface area (Å²) in [7, 11) is -1.48. The molecule has 1 fully saturated rings. The van der Waals surface area contributed by atoms with Crippen molar-refractivity contribution in [3.8, 4) is 5.88 Å². The van der Waals surface area contributed by atoms with Gasteiger partial charge in [0, 0.05) is 31.8 Å². The number of aromatic nitrogens is 4. The third-order valence-corrected chi connectivity index (χ3v) is 8.65. The summed E-state index contributed by atoms with van der Waals surface area (Å²) in [5.74, 6) is -0.640. The summed E-state index contributed by atoms with van der Waals surface area (Å²) < 4.78 is 68.1. The maximum atomic E-state index is 13.7. The first-order valence-corrected chi connectivity index (χ1v) is 13.7. The van der Waals surface area contributed by atoms with Crippen molar-refractivity contribution in [3.05, 3.63) is 82.9 Å². The van der Waals surface area contributed by atoms with Crippen molar-refractivity contribution in [3.63, 3.8) is 0 Å². The molecule has 5 heterocycles. The first-order chi connectivity index (χ1) is 18.7. The van der Waals surface area contributed by atoms with Crippen molar-refractivity contribution in [1.29, 1.82) is 0 Å². The fourth-order valence-electron chi connectivity index (χ4n) is 5.13. The molecule has 3 aromatic heterocycles. The highest BCUT2D eigenvalue weighted by atomic mass is 32.2. The molecule has 0 bridgehead atoms. The lowest BCUT2D eigenvalue weighted by Crippen LogP contribution is -2.49. The summed E-state index contributed by atoms with van der Waals surface area (Å²) in [5.41, 5.74) is 3.46. The number of hydrogen-bond donors (Lipinski definition) is 0. The molecule has 0 amide bonds. The highest BCUT2D eigenvalue weighted by Crippen LogP contribution is 2.36. The van der Waals surface area contributed by atoms with Gasteiger partial charge in [0.2, 0.25) is 11.7 Å². The minimum atomic E-state index is -4.58. The molecule has 2 aliphatic rings. The van der Waals surface area contributed by atoms with E-state index in [0.717, 1.165) is 26.7 Å². The first-order valence-electron chi connectivity index (χ1n) is 12.6. The van der Waals surface area contributed by atoms with Crippen LogP contribution in [0.15, 0.2) is 59.8 Å². The van der Waals surface area contributed by atoms with Gasteiger partial charge in [0.15, 0.2) is 5.65 Å². The van der Waals surface area contributed by atoms with E-state index in [1.54, 1.807) is 30.5 Å². The Bertz CT molecular complexity index is 1550. The first kappa shape index (κ1) is 25.9. The van der Waals surface area contributed by atoms with E-state index < -0.39 is 28.6 Å². The molecule has 1 unspecified atom stereocenters. The minimum Gasteiger partial charge on any atom is -0.469 e. The summed E-state index contributed by atoms with van der Waals surface area (Å²) in [5, 5.41) is 7.00. The lowest BCUT2D eigenvalue weighted by Gasteiger charge is -2.38. The third-order valence-electron chi connectivity index (χ3n) is 7.24. The van der Waals surface area contributed by atoms with E-state index in [9.17, 15) is 17.4 Å². The highest BCUT2D eigenvalue weighted by molar-refractivity contribution is 7.82. The van der Waals surface area contributed by atoms with Gasteiger partial charge in [-0.3, -0.25) is 4.40 Å². The van der Waals surface area contributed by atoms with E-state index in [4.69, 9.17) is 9.47 Å². The molecule has 12 heteroatoms. The Morgan fingerprint density at radius 3 is 2.67 bits per heavy atom. The number of ether oxygens (including phenoxy) is 2. The number of fused-ring (bicyclic) bond motifs is 2. The summed E-state index contributed by atoms with van der Waals surface area (Å²) in [6, 6.07) is 12.9. The topological polar surface area (TPSA) is 81.8 Å². The Morgan fingerprint density at radius 2 is 1.87 bits per heavy atom. The Balaban J connectivity index is 1.28. The van der Waals surface area contributed by atoms with Crippen LogP contribution in [0.3, 0.4) is 0 Å². The lowest BCUT2D eigenvalue weighted by molar-refractivity contribution is -0.145. The van der Waals surface area contributed by atoms with Gasteiger partial charge in [-0.2, -0.15) is 13.2 Å². The van der Waals surface area contributed by atoms with Gasteiger partial charge in [0.1, 0.15) is 21.5 Å². The van der Waals surface area contributed by atoms with Crippen LogP contribution in [0.2, 0.25) is 0 Å². The zero-order valence-electron chi connectivity index (χ0n) is 21.1. The molecule has 39 heavy (non-hydrogen) atoms. The molecule has 6 rings (SSSR count). The number of pyridine rings is 2. The summed E-state index contributed by atoms with van der Waals surface area (Å²) in [6.07, 6.45) is 0.270. The van der Waals surface area contributed by atoms with Gasteiger partial charge in [0.05, 0.1) is 19.8 Å². The predicted molar refractivity (Wildman–Crippen MR) is 136 cm³/mol. The molecule has 1 aromatic carbocycles. The van der Waals surface area contributed by atoms with E-state index in [1.807, 2.05) is 23.4 Å². The average Bonchev–Trinajstić information content (AvgIpc) is 3.30. The number of hydrogen-bond acceptors (Lipinski definition) is 6. The van der Waals surface area contributed by atoms with Crippen LogP contribution in [-0.2, 0) is 34.9 Å². The van der Waals surface area contributed by atoms with Crippen LogP contribution in [0.25, 0.3) is 5.65 Å². The molecule has 0 aliphatic carbocycles. The standard InChI is InChI=1S/C27H26F3N5O3S/c1-18-4-5-19(13-20-6-10-35-23(15-20)32-33-25(35)27(28,29)30)14-21(18)16-34-17-26(7-11-37-12-8-26)38-24-22(39(34)36)3-2-9-31-24/h2-6,9-10,14-15H,7-8,11-13,16-17H2,1H3. The number of halogens is 3. The van der Waals surface area contributed by atoms with Gasteiger partial charge in [-0.25, -0.2) is 13.5 Å². The van der Waals surface area contributed by atoms with Crippen molar-refractivity contribution in [2.75, 3.05) is 19.8 Å². The second-order valence-electron chi connectivity index (χ2n) is 9.97. The Labute approximate surface area is 225 Å². The number of benzene rings is 1. The molecule has 1 saturated heterocycles. The minimum absolute atomic E-state index is 0.140. The SMILES string of the molecule is Cc1ccc(Cc2ccn3c(C(F)(F)F)nnc3c2)cc1CN1CC2(CCOCC2)Oc2ncccc2S1=O. The zero-order valence-corrected chi connectivity index (χ0v) is 22.0. The largest absolute Gasteiger partial charge is 0.469 e. The van der Waals surface area contributed by atoms with Crippen molar-refractivity contribution in [2.24, 2.45) is 0 Å². The summed E-state index contributed by atoms with van der Waals surface area (Å²) in [4.78, 5) is 4.93. The fraction of sp³-hybridized carbons (Fsp3) is 0.370. The van der Waals surface area contributed by atoms with Crippen molar-refractivity contribution >= 4 is 16.6 Å². The molecule has 8 nitrogen and oxygen atoms in total. The molecular weight excluding hydrogens is 531 g/mol. The lowest BCUT2D eigenvalue weighted by atomic mass is 9.93. The molecule has 1 spiro atoms. The second-order valence-corrected chi connectivity index (χ2v) is 11.4. The highest BCUT2D eigenvalue weighted by Gasteiger charge is 2.42. The van der Waals surface area contributed by atoms with Crippen molar-refractivity contribution in [1.82, 2.24) is 23.9 Å². The monoisotopic (exact) mass is 557 g/mol. The Morgan fingerprint density at radius 1 is 1.08 bits per heavy atom. The summed E-state index contributed by atoms with van der Waals surface area (Å²) in [6.45, 7) is 4.05. The summed E-state index contributed by atoms with van der Waals surface area (Å²) >= 11 is 0. The van der Waals surface area contributed by atoms with Crippen LogP contribution in [0, 0.1) is 6.92 Å². The Kier molecular flexibility index (Phi) is 6.64. The van der Waals surface area contributed by atoms with E-state index in [-0.39, 0.29) is 5.65 Å². The number of alkyl halides is 3. The van der Waals surface area contributed by atoms with Crippen LogP contribution < -0.4 is 4.74 Å². The average molecular weight is 558 g/mol. The molecular formula is C27H26F3N5O3S. The quantitative estimate of drug-likeness (QED) is 0.367. The molecule has 4 aromatic rings. The van der Waals surface area contributed by atoms with E-state index in [0.29, 0.717) is 56.3 Å². The van der Waals surface area contributed by atoms with Gasteiger partial charge in [-0.1, -0.05) is 18.2 Å². The van der Waals surface area contributed by atoms with Gasteiger partial charge in [-0.05, 0) is 59.9 Å². The van der Waals surface area contributed by atoms with E-state index in [1.165, 1.54) is 6.20 Å². The van der Waals surface area contributed by atoms with Crippen LogP contribution >= 0.6 is 0 Å². The molecule has 204 valence electrons. The van der Waals surface area contributed by atoms with Gasteiger partial charge in [0.25, 0.3) is 0 Å². The molecule has 0 radical (unpaired) electrons. The smallest absolute Gasteiger partial charge is 0.452 e. The maximum Gasteiger partial charge on any atom is 0.452 e. The van der Waals surface area contributed by atoms with E-state index in [2.05, 4.69) is 21.2 Å². The van der Waals surface area contributed by atoms with Crippen LogP contribution in [0.4, 0.5) is 13.2 Å². The number of nitrogens with zero attached hydrogens (tertiary/aromatic N) is 5. The Hall–Kier alpha value is -3.35. The second kappa shape index (κ2) is 10.00. The zero-order chi connectivity index (χ0) is 27.2. The number of rotatable bonds is 4. The normalized spacial score (nSPS) is 19.5. The van der Waals surface area contributed by atoms with Crippen LogP contribution in [0.1, 0.15) is 40.9 Å². The molecule has 0 N–H and O–H groups in total. The van der Waals surface area contributed by atoms with Crippen molar-refractivity contribution in [2.45, 2.75) is 49.4 Å². The third kappa shape index (κ3) is 5.15. The van der Waals surface area contributed by atoms with Crippen LogP contribution in [-0.4, -0.2) is 53.5 Å². The maximum absolute atomic E-state index is 13.7. The molecule has 1 atom stereocenters. The van der Waals surface area contributed by atoms with E-state index >= 15 is 0 Å². The van der Waals surface area contributed by atoms with Crippen molar-refractivity contribution < 1.29 is 26.9 Å². The molecule has 2 aliphatic heterocycles. The van der Waals surface area contributed by atoms with Gasteiger partial charge in [-0.15, -0.1) is 10.2 Å². The number of aryl methyl sites for hydroxylation is 1. The fourth-order valence-corrected chi connectivity index (χ4v) is 6.45. The van der Waals surface area contributed by atoms with Crippen LogP contribution in [0.5, 0.6) is 5.88 Å².